The molecule has 1 rings (SSSR count). The van der Waals surface area contributed by atoms with E-state index in [4.69, 9.17) is 9.84 Å². The van der Waals surface area contributed by atoms with Crippen LogP contribution < -0.4 is 5.32 Å². The van der Waals surface area contributed by atoms with Gasteiger partial charge in [0.2, 0.25) is 5.91 Å². The number of halogens is 3. The summed E-state index contributed by atoms with van der Waals surface area (Å²) in [5, 5.41) is 10.8. The molecule has 1 fully saturated rings. The predicted molar refractivity (Wildman–Crippen MR) is 57.8 cm³/mol. The van der Waals surface area contributed by atoms with Gasteiger partial charge in [-0.3, -0.25) is 4.79 Å². The van der Waals surface area contributed by atoms with Crippen molar-refractivity contribution < 1.29 is 27.8 Å². The summed E-state index contributed by atoms with van der Waals surface area (Å²) in [5.74, 6) is -0.289. The topological polar surface area (TPSA) is 58.6 Å². The number of rotatable bonds is 6. The van der Waals surface area contributed by atoms with E-state index in [0.717, 1.165) is 12.8 Å². The molecule has 106 valence electrons. The molecule has 1 amide bonds. The molecule has 4 nitrogen and oxygen atoms in total. The van der Waals surface area contributed by atoms with Crippen molar-refractivity contribution in [1.82, 2.24) is 5.32 Å². The van der Waals surface area contributed by atoms with Gasteiger partial charge in [0, 0.05) is 13.0 Å². The van der Waals surface area contributed by atoms with Crippen LogP contribution in [0.1, 0.15) is 26.2 Å². The number of carbonyl (C=O) groups excluding carboxylic acids is 1. The average Bonchev–Trinajstić information content (AvgIpc) is 2.21. The Morgan fingerprint density at radius 1 is 1.50 bits per heavy atom. The zero-order valence-electron chi connectivity index (χ0n) is 10.2. The SMILES string of the molecule is CCOC1CC(CC(=O)NCC(O)C(F)(F)F)C1. The molecule has 2 N–H and O–H groups in total. The van der Waals surface area contributed by atoms with Gasteiger partial charge >= 0.3 is 6.18 Å². The number of aliphatic hydroxyl groups is 1. The second-order valence-corrected chi connectivity index (χ2v) is 4.48. The van der Waals surface area contributed by atoms with E-state index in [1.165, 1.54) is 0 Å². The zero-order valence-corrected chi connectivity index (χ0v) is 10.2. The van der Waals surface area contributed by atoms with Crippen molar-refractivity contribution in [2.75, 3.05) is 13.2 Å². The Morgan fingerprint density at radius 3 is 2.61 bits per heavy atom. The van der Waals surface area contributed by atoms with Crippen molar-refractivity contribution in [2.24, 2.45) is 5.92 Å². The van der Waals surface area contributed by atoms with Crippen LogP contribution in [0.5, 0.6) is 0 Å². The zero-order chi connectivity index (χ0) is 13.8. The molecule has 0 aromatic rings. The summed E-state index contributed by atoms with van der Waals surface area (Å²) in [5.41, 5.74) is 0. The average molecular weight is 269 g/mol. The summed E-state index contributed by atoms with van der Waals surface area (Å²) in [7, 11) is 0. The highest BCUT2D eigenvalue weighted by Crippen LogP contribution is 2.32. The molecule has 0 aromatic heterocycles. The first-order valence-corrected chi connectivity index (χ1v) is 5.96. The van der Waals surface area contributed by atoms with Crippen molar-refractivity contribution in [2.45, 2.75) is 44.6 Å². The van der Waals surface area contributed by atoms with Crippen LogP contribution in [-0.2, 0) is 9.53 Å². The predicted octanol–water partition coefficient (Wildman–Crippen LogP) is 1.23. The van der Waals surface area contributed by atoms with Crippen LogP contribution in [0.4, 0.5) is 13.2 Å². The lowest BCUT2D eigenvalue weighted by atomic mass is 9.80. The van der Waals surface area contributed by atoms with E-state index >= 15 is 0 Å². The number of nitrogens with one attached hydrogen (secondary N) is 1. The van der Waals surface area contributed by atoms with E-state index < -0.39 is 24.7 Å². The van der Waals surface area contributed by atoms with E-state index in [9.17, 15) is 18.0 Å². The molecular weight excluding hydrogens is 251 g/mol. The molecule has 0 spiro atoms. The van der Waals surface area contributed by atoms with Gasteiger partial charge < -0.3 is 15.2 Å². The van der Waals surface area contributed by atoms with Crippen molar-refractivity contribution >= 4 is 5.91 Å². The largest absolute Gasteiger partial charge is 0.416 e. The van der Waals surface area contributed by atoms with Gasteiger partial charge in [0.1, 0.15) is 0 Å². The first kappa shape index (κ1) is 15.2. The minimum Gasteiger partial charge on any atom is -0.382 e. The fraction of sp³-hybridized carbons (Fsp3) is 0.909. The van der Waals surface area contributed by atoms with Gasteiger partial charge in [-0.2, -0.15) is 13.2 Å². The van der Waals surface area contributed by atoms with E-state index in [1.807, 2.05) is 6.92 Å². The fourth-order valence-electron chi connectivity index (χ4n) is 1.87. The van der Waals surface area contributed by atoms with Crippen molar-refractivity contribution in [3.8, 4) is 0 Å². The summed E-state index contributed by atoms with van der Waals surface area (Å²) in [6.45, 7) is 1.73. The van der Waals surface area contributed by atoms with Crippen LogP contribution in [0.15, 0.2) is 0 Å². The molecule has 0 saturated heterocycles. The lowest BCUT2D eigenvalue weighted by Crippen LogP contribution is -2.42. The smallest absolute Gasteiger partial charge is 0.382 e. The number of hydrogen-bond acceptors (Lipinski definition) is 3. The van der Waals surface area contributed by atoms with Gasteiger partial charge in [-0.1, -0.05) is 0 Å². The molecular formula is C11H18F3NO3. The summed E-state index contributed by atoms with van der Waals surface area (Å²) in [6, 6.07) is 0. The number of ether oxygens (including phenoxy) is 1. The third-order valence-electron chi connectivity index (χ3n) is 2.94. The molecule has 0 bridgehead atoms. The lowest BCUT2D eigenvalue weighted by Gasteiger charge is -2.34. The van der Waals surface area contributed by atoms with Crippen LogP contribution in [0, 0.1) is 5.92 Å². The minimum atomic E-state index is -4.69. The maximum absolute atomic E-state index is 12.0. The highest BCUT2D eigenvalue weighted by atomic mass is 19.4. The third-order valence-corrected chi connectivity index (χ3v) is 2.94. The fourth-order valence-corrected chi connectivity index (χ4v) is 1.87. The Hall–Kier alpha value is -0.820. The third kappa shape index (κ3) is 4.81. The van der Waals surface area contributed by atoms with Gasteiger partial charge in [-0.15, -0.1) is 0 Å². The van der Waals surface area contributed by atoms with Crippen LogP contribution in [0.3, 0.4) is 0 Å². The van der Waals surface area contributed by atoms with E-state index in [-0.39, 0.29) is 18.4 Å². The lowest BCUT2D eigenvalue weighted by molar-refractivity contribution is -0.201. The quantitative estimate of drug-likeness (QED) is 0.762. The van der Waals surface area contributed by atoms with Gasteiger partial charge in [-0.05, 0) is 25.7 Å². The maximum Gasteiger partial charge on any atom is 0.416 e. The van der Waals surface area contributed by atoms with Gasteiger partial charge in [0.15, 0.2) is 6.10 Å². The molecule has 1 unspecified atom stereocenters. The molecule has 1 aliphatic rings. The van der Waals surface area contributed by atoms with Crippen LogP contribution in [-0.4, -0.2) is 42.5 Å². The monoisotopic (exact) mass is 269 g/mol. The Morgan fingerprint density at radius 2 is 2.11 bits per heavy atom. The molecule has 1 atom stereocenters. The first-order chi connectivity index (χ1) is 8.32. The summed E-state index contributed by atoms with van der Waals surface area (Å²) >= 11 is 0. The number of hydrogen-bond donors (Lipinski definition) is 2. The van der Waals surface area contributed by atoms with Crippen LogP contribution >= 0.6 is 0 Å². The number of carbonyl (C=O) groups is 1. The second-order valence-electron chi connectivity index (χ2n) is 4.48. The Kier molecular flexibility index (Phi) is 5.40. The molecule has 18 heavy (non-hydrogen) atoms. The molecule has 1 saturated carbocycles. The molecule has 0 aromatic carbocycles. The van der Waals surface area contributed by atoms with Crippen molar-refractivity contribution in [3.63, 3.8) is 0 Å². The Balaban J connectivity index is 2.12. The number of aliphatic hydroxyl groups excluding tert-OH is 1. The maximum atomic E-state index is 12.0. The van der Waals surface area contributed by atoms with E-state index in [1.54, 1.807) is 0 Å². The number of alkyl halides is 3. The summed E-state index contributed by atoms with van der Waals surface area (Å²) in [6.07, 6.45) is -5.29. The van der Waals surface area contributed by atoms with Crippen molar-refractivity contribution in [3.05, 3.63) is 0 Å². The van der Waals surface area contributed by atoms with Gasteiger partial charge in [-0.25, -0.2) is 0 Å². The summed E-state index contributed by atoms with van der Waals surface area (Å²) in [4.78, 5) is 11.3. The molecule has 1 aliphatic carbocycles. The standard InChI is InChI=1S/C11H18F3NO3/c1-2-18-8-3-7(4-8)5-10(17)15-6-9(16)11(12,13)14/h7-9,16H,2-6H2,1H3,(H,15,17). The molecule has 0 aliphatic heterocycles. The summed E-state index contributed by atoms with van der Waals surface area (Å²) < 4.78 is 41.2. The second kappa shape index (κ2) is 6.38. The van der Waals surface area contributed by atoms with E-state index in [2.05, 4.69) is 5.32 Å². The highest BCUT2D eigenvalue weighted by Gasteiger charge is 2.38. The number of amides is 1. The highest BCUT2D eigenvalue weighted by molar-refractivity contribution is 5.76. The minimum absolute atomic E-state index is 0.171. The molecule has 7 heteroatoms. The van der Waals surface area contributed by atoms with Crippen LogP contribution in [0.2, 0.25) is 0 Å². The van der Waals surface area contributed by atoms with Crippen LogP contribution in [0.25, 0.3) is 0 Å². The Bertz CT molecular complexity index is 277. The van der Waals surface area contributed by atoms with Gasteiger partial charge in [0.25, 0.3) is 0 Å². The Labute approximate surface area is 103 Å². The van der Waals surface area contributed by atoms with Gasteiger partial charge in [0.05, 0.1) is 12.6 Å². The first-order valence-electron chi connectivity index (χ1n) is 5.96. The molecule has 0 heterocycles. The normalized spacial score (nSPS) is 25.4. The van der Waals surface area contributed by atoms with Crippen molar-refractivity contribution in [1.29, 1.82) is 0 Å². The molecule has 0 radical (unpaired) electrons. The van der Waals surface area contributed by atoms with E-state index in [0.29, 0.717) is 6.61 Å².